The fourth-order valence-electron chi connectivity index (χ4n) is 1.49. The summed E-state index contributed by atoms with van der Waals surface area (Å²) in [6.45, 7) is 0. The number of nitriles is 1. The number of hydrazone groups is 1. The molecule has 0 spiro atoms. The van der Waals surface area contributed by atoms with E-state index in [1.165, 1.54) is 0 Å². The normalized spacial score (nSPS) is 10.6. The molecule has 2 aromatic carbocycles. The van der Waals surface area contributed by atoms with Crippen molar-refractivity contribution >= 4 is 17.2 Å². The van der Waals surface area contributed by atoms with Crippen LogP contribution in [-0.4, -0.2) is 11.5 Å². The molecule has 0 aromatic heterocycles. The molecule has 2 rings (SSSR count). The van der Waals surface area contributed by atoms with E-state index in [1.54, 1.807) is 36.4 Å². The number of rotatable bonds is 4. The Morgan fingerprint density at radius 2 is 1.58 bits per heavy atom. The van der Waals surface area contributed by atoms with E-state index >= 15 is 0 Å². The van der Waals surface area contributed by atoms with Crippen molar-refractivity contribution in [2.24, 2.45) is 5.10 Å². The monoisotopic (exact) mass is 249 g/mol. The number of nitrogens with one attached hydrogen (secondary N) is 1. The lowest BCUT2D eigenvalue weighted by atomic mass is 10.1. The molecule has 0 bridgehead atoms. The van der Waals surface area contributed by atoms with Crippen LogP contribution >= 0.6 is 0 Å². The predicted molar refractivity (Wildman–Crippen MR) is 73.9 cm³/mol. The second-order valence-corrected chi connectivity index (χ2v) is 3.75. The molecule has 0 heterocycles. The maximum atomic E-state index is 12.0. The number of carbonyl (C=O) groups is 1. The fourth-order valence-corrected chi connectivity index (χ4v) is 1.49. The Morgan fingerprint density at radius 3 is 2.16 bits per heavy atom. The summed E-state index contributed by atoms with van der Waals surface area (Å²) in [5.74, 6) is -0.397. The summed E-state index contributed by atoms with van der Waals surface area (Å²) in [5.41, 5.74) is 3.68. The Morgan fingerprint density at radius 1 is 1.00 bits per heavy atom. The Balaban J connectivity index is 2.17. The van der Waals surface area contributed by atoms with Gasteiger partial charge in [-0.25, -0.2) is 0 Å². The van der Waals surface area contributed by atoms with Gasteiger partial charge in [-0.3, -0.25) is 10.2 Å². The van der Waals surface area contributed by atoms with Gasteiger partial charge in [-0.15, -0.1) is 0 Å². The first-order valence-electron chi connectivity index (χ1n) is 5.70. The van der Waals surface area contributed by atoms with Gasteiger partial charge in [0.25, 0.3) is 0 Å². The van der Waals surface area contributed by atoms with Crippen molar-refractivity contribution < 1.29 is 4.79 Å². The summed E-state index contributed by atoms with van der Waals surface area (Å²) >= 11 is 0. The van der Waals surface area contributed by atoms with E-state index in [1.807, 2.05) is 30.3 Å². The van der Waals surface area contributed by atoms with Crippen LogP contribution in [-0.2, 0) is 0 Å². The summed E-state index contributed by atoms with van der Waals surface area (Å²) in [7, 11) is 0. The highest BCUT2D eigenvalue weighted by atomic mass is 16.1. The maximum Gasteiger partial charge on any atom is 0.223 e. The second kappa shape index (κ2) is 6.12. The first-order valence-corrected chi connectivity index (χ1v) is 5.70. The molecule has 0 fully saturated rings. The zero-order chi connectivity index (χ0) is 13.5. The molecule has 4 heteroatoms. The molecule has 0 saturated heterocycles. The molecule has 1 N–H and O–H groups in total. The molecule has 0 saturated carbocycles. The van der Waals surface area contributed by atoms with Crippen LogP contribution in [0.25, 0.3) is 0 Å². The molecular formula is C15H11N3O. The molecule has 4 nitrogen and oxygen atoms in total. The molecule has 0 amide bonds. The molecule has 2 aromatic rings. The first kappa shape index (κ1) is 12.5. The average molecular weight is 249 g/mol. The number of anilines is 1. The SMILES string of the molecule is N#C/C(=N/Nc1ccccc1)C(=O)c1ccccc1. The van der Waals surface area contributed by atoms with Crippen molar-refractivity contribution in [3.05, 3.63) is 66.2 Å². The van der Waals surface area contributed by atoms with Gasteiger partial charge < -0.3 is 0 Å². The van der Waals surface area contributed by atoms with Crippen LogP contribution in [0.1, 0.15) is 10.4 Å². The third-order valence-corrected chi connectivity index (χ3v) is 2.43. The summed E-state index contributed by atoms with van der Waals surface area (Å²) in [6.07, 6.45) is 0. The van der Waals surface area contributed by atoms with Crippen molar-refractivity contribution in [1.29, 1.82) is 5.26 Å². The van der Waals surface area contributed by atoms with E-state index in [4.69, 9.17) is 5.26 Å². The van der Waals surface area contributed by atoms with Crippen molar-refractivity contribution in [3.63, 3.8) is 0 Å². The number of carbonyl (C=O) groups excluding carboxylic acids is 1. The van der Waals surface area contributed by atoms with Gasteiger partial charge >= 0.3 is 0 Å². The third kappa shape index (κ3) is 3.27. The van der Waals surface area contributed by atoms with Crippen LogP contribution in [0.4, 0.5) is 5.69 Å². The van der Waals surface area contributed by atoms with Crippen LogP contribution in [0.2, 0.25) is 0 Å². The molecule has 0 radical (unpaired) electrons. The van der Waals surface area contributed by atoms with Crippen LogP contribution in [0.15, 0.2) is 65.8 Å². The standard InChI is InChI=1S/C15H11N3O/c16-11-14(15(19)12-7-3-1-4-8-12)18-17-13-9-5-2-6-10-13/h1-10,17H/b18-14-. The van der Waals surface area contributed by atoms with E-state index in [-0.39, 0.29) is 5.71 Å². The van der Waals surface area contributed by atoms with Crippen LogP contribution in [0, 0.1) is 11.3 Å². The zero-order valence-electron chi connectivity index (χ0n) is 10.1. The van der Waals surface area contributed by atoms with E-state index < -0.39 is 5.78 Å². The van der Waals surface area contributed by atoms with E-state index in [9.17, 15) is 4.79 Å². The first-order chi connectivity index (χ1) is 9.31. The van der Waals surface area contributed by atoms with Gasteiger partial charge in [0.1, 0.15) is 6.07 Å². The number of hydrogen-bond acceptors (Lipinski definition) is 4. The average Bonchev–Trinajstić information content (AvgIpc) is 2.49. The second-order valence-electron chi connectivity index (χ2n) is 3.75. The molecular weight excluding hydrogens is 238 g/mol. The number of nitrogens with zero attached hydrogens (tertiary/aromatic N) is 2. The number of ketones is 1. The van der Waals surface area contributed by atoms with Crippen molar-refractivity contribution in [1.82, 2.24) is 0 Å². The highest BCUT2D eigenvalue weighted by molar-refractivity contribution is 6.51. The zero-order valence-corrected chi connectivity index (χ0v) is 10.1. The Hall–Kier alpha value is -2.93. The van der Waals surface area contributed by atoms with Gasteiger partial charge in [-0.1, -0.05) is 48.5 Å². The largest absolute Gasteiger partial charge is 0.286 e. The van der Waals surface area contributed by atoms with Crippen molar-refractivity contribution in [2.75, 3.05) is 5.43 Å². The molecule has 19 heavy (non-hydrogen) atoms. The molecule has 0 unspecified atom stereocenters. The number of para-hydroxylation sites is 1. The van der Waals surface area contributed by atoms with E-state index in [0.29, 0.717) is 5.56 Å². The fraction of sp³-hybridized carbons (Fsp3) is 0. The van der Waals surface area contributed by atoms with Crippen LogP contribution < -0.4 is 5.43 Å². The number of Topliss-reactive ketones (excluding diaryl/α,β-unsaturated/α-hetero) is 1. The summed E-state index contributed by atoms with van der Waals surface area (Å²) in [4.78, 5) is 12.0. The summed E-state index contributed by atoms with van der Waals surface area (Å²) in [5, 5.41) is 12.8. The third-order valence-electron chi connectivity index (χ3n) is 2.43. The topological polar surface area (TPSA) is 65.2 Å². The van der Waals surface area contributed by atoms with Gasteiger partial charge in [0, 0.05) is 5.56 Å². The Labute approximate surface area is 111 Å². The smallest absolute Gasteiger partial charge is 0.223 e. The maximum absolute atomic E-state index is 12.0. The van der Waals surface area contributed by atoms with Gasteiger partial charge in [-0.2, -0.15) is 10.4 Å². The van der Waals surface area contributed by atoms with Crippen molar-refractivity contribution in [3.8, 4) is 6.07 Å². The highest BCUT2D eigenvalue weighted by Gasteiger charge is 2.13. The summed E-state index contributed by atoms with van der Waals surface area (Å²) in [6, 6.07) is 19.5. The molecule has 0 aliphatic carbocycles. The van der Waals surface area contributed by atoms with Gasteiger partial charge in [0.05, 0.1) is 5.69 Å². The lowest BCUT2D eigenvalue weighted by molar-refractivity contribution is 0.106. The molecule has 0 aliphatic rings. The van der Waals surface area contributed by atoms with Crippen LogP contribution in [0.3, 0.4) is 0 Å². The van der Waals surface area contributed by atoms with Crippen LogP contribution in [0.5, 0.6) is 0 Å². The Bertz CT molecular complexity index is 627. The van der Waals surface area contributed by atoms with E-state index in [0.717, 1.165) is 5.69 Å². The summed E-state index contributed by atoms with van der Waals surface area (Å²) < 4.78 is 0. The highest BCUT2D eigenvalue weighted by Crippen LogP contribution is 2.06. The van der Waals surface area contributed by atoms with Crippen molar-refractivity contribution in [2.45, 2.75) is 0 Å². The molecule has 0 atom stereocenters. The van der Waals surface area contributed by atoms with Gasteiger partial charge in [-0.05, 0) is 12.1 Å². The minimum absolute atomic E-state index is 0.171. The lowest BCUT2D eigenvalue weighted by Gasteiger charge is -2.01. The minimum atomic E-state index is -0.397. The number of benzene rings is 2. The molecule has 92 valence electrons. The van der Waals surface area contributed by atoms with Gasteiger partial charge in [0.15, 0.2) is 0 Å². The predicted octanol–water partition coefficient (Wildman–Crippen LogP) is 2.86. The lowest BCUT2D eigenvalue weighted by Crippen LogP contribution is -2.14. The Kier molecular flexibility index (Phi) is 4.04. The molecule has 0 aliphatic heterocycles. The number of hydrogen-bond donors (Lipinski definition) is 1. The van der Waals surface area contributed by atoms with Gasteiger partial charge in [0.2, 0.25) is 11.5 Å². The van der Waals surface area contributed by atoms with E-state index in [2.05, 4.69) is 10.5 Å². The quantitative estimate of drug-likeness (QED) is 0.514. The minimum Gasteiger partial charge on any atom is -0.286 e.